The van der Waals surface area contributed by atoms with Gasteiger partial charge in [0.25, 0.3) is 5.91 Å². The number of allylic oxidation sites excluding steroid dienone is 1. The summed E-state index contributed by atoms with van der Waals surface area (Å²) >= 11 is 0. The second-order valence-corrected chi connectivity index (χ2v) is 6.60. The molecular weight excluding hydrogens is 356 g/mol. The van der Waals surface area contributed by atoms with Crippen LogP contribution in [-0.4, -0.2) is 71.9 Å². The van der Waals surface area contributed by atoms with Crippen molar-refractivity contribution in [3.05, 3.63) is 24.3 Å². The quantitative estimate of drug-likeness (QED) is 0.184. The van der Waals surface area contributed by atoms with Crippen molar-refractivity contribution in [3.8, 4) is 0 Å². The van der Waals surface area contributed by atoms with E-state index in [0.717, 1.165) is 5.57 Å². The number of hydrogen-bond donors (Lipinski definition) is 4. The van der Waals surface area contributed by atoms with Crippen molar-refractivity contribution in [2.24, 2.45) is 5.73 Å². The zero-order valence-corrected chi connectivity index (χ0v) is 15.0. The van der Waals surface area contributed by atoms with Crippen molar-refractivity contribution in [3.63, 3.8) is 0 Å². The third-order valence-electron chi connectivity index (χ3n) is 4.55. The molecule has 10 nitrogen and oxygen atoms in total. The summed E-state index contributed by atoms with van der Waals surface area (Å²) in [6.07, 6.45) is 2.43. The highest BCUT2D eigenvalue weighted by molar-refractivity contribution is 5.88. The van der Waals surface area contributed by atoms with E-state index in [4.69, 9.17) is 5.73 Å². The van der Waals surface area contributed by atoms with Crippen LogP contribution in [0.1, 0.15) is 19.3 Å². The van der Waals surface area contributed by atoms with E-state index in [2.05, 4.69) is 21.9 Å². The number of ether oxygens (including phenoxy) is 1. The summed E-state index contributed by atoms with van der Waals surface area (Å²) in [6.45, 7) is 4.06. The zero-order valence-electron chi connectivity index (χ0n) is 15.0. The lowest BCUT2D eigenvalue weighted by atomic mass is 10.2. The number of hydrogen-bond acceptors (Lipinski definition) is 7. The van der Waals surface area contributed by atoms with Gasteiger partial charge in [-0.1, -0.05) is 12.2 Å². The van der Waals surface area contributed by atoms with E-state index >= 15 is 0 Å². The monoisotopic (exact) mass is 381 g/mol. The van der Waals surface area contributed by atoms with Crippen molar-refractivity contribution in [2.75, 3.05) is 26.2 Å². The summed E-state index contributed by atoms with van der Waals surface area (Å²) in [5.41, 5.74) is 6.31. The van der Waals surface area contributed by atoms with Crippen LogP contribution in [-0.2, 0) is 19.1 Å². The Morgan fingerprint density at radius 2 is 2.19 bits per heavy atom. The van der Waals surface area contributed by atoms with Crippen LogP contribution >= 0.6 is 0 Å². The minimum atomic E-state index is -1.46. The molecule has 2 rings (SSSR count). The van der Waals surface area contributed by atoms with Crippen LogP contribution in [0.2, 0.25) is 0 Å². The summed E-state index contributed by atoms with van der Waals surface area (Å²) in [7, 11) is 0. The van der Waals surface area contributed by atoms with Crippen molar-refractivity contribution in [1.82, 2.24) is 10.6 Å². The van der Waals surface area contributed by atoms with Crippen LogP contribution in [0.15, 0.2) is 24.3 Å². The Bertz CT molecular complexity index is 676. The predicted molar refractivity (Wildman–Crippen MR) is 93.6 cm³/mol. The molecule has 2 aliphatic heterocycles. The highest BCUT2D eigenvalue weighted by Gasteiger charge is 2.47. The average molecular weight is 381 g/mol. The van der Waals surface area contributed by atoms with Crippen molar-refractivity contribution < 1.29 is 33.5 Å². The first-order valence-corrected chi connectivity index (χ1v) is 8.65. The lowest BCUT2D eigenvalue weighted by Crippen LogP contribution is -2.64. The third-order valence-corrected chi connectivity index (χ3v) is 4.55. The number of nitrogens with zero attached hydrogens (tertiary/aromatic N) is 1. The predicted octanol–water partition coefficient (Wildman–Crippen LogP) is -1.35. The molecule has 0 aliphatic carbocycles. The molecule has 4 amide bonds. The molecule has 0 aromatic rings. The summed E-state index contributed by atoms with van der Waals surface area (Å²) in [5.74, 6) is -1.77. The van der Waals surface area contributed by atoms with Crippen molar-refractivity contribution >= 4 is 23.8 Å². The van der Waals surface area contributed by atoms with E-state index in [9.17, 15) is 24.3 Å². The lowest BCUT2D eigenvalue weighted by molar-refractivity contribution is -0.758. The number of carbonyl (C=O) groups is 4. The zero-order chi connectivity index (χ0) is 20.0. The molecule has 2 heterocycles. The van der Waals surface area contributed by atoms with Crippen molar-refractivity contribution in [1.29, 1.82) is 0 Å². The van der Waals surface area contributed by atoms with E-state index in [1.165, 1.54) is 0 Å². The molecule has 0 spiro atoms. The third kappa shape index (κ3) is 5.00. The smallest absolute Gasteiger partial charge is 0.422 e. The van der Waals surface area contributed by atoms with Gasteiger partial charge in [-0.15, -0.1) is 6.58 Å². The van der Waals surface area contributed by atoms with Crippen LogP contribution in [0.3, 0.4) is 0 Å². The molecule has 148 valence electrons. The van der Waals surface area contributed by atoms with Gasteiger partial charge < -0.3 is 26.2 Å². The molecule has 0 radical (unpaired) electrons. The Hall–Kier alpha value is -2.56. The highest BCUT2D eigenvalue weighted by Crippen LogP contribution is 2.21. The number of rotatable bonds is 7. The molecule has 0 saturated carbocycles. The van der Waals surface area contributed by atoms with Crippen LogP contribution < -0.4 is 16.4 Å². The standard InChI is InChI=1S/C17H24N4O6/c1-2-6-19-8-11-4-3-5-14(23)21(9-11,17(18)26)10-13(22)20-12-7-15(24)27-16(12)25/h2,4,12,16,19,25H,1,3,5-10H2,(H2-,18,20,22,26)/p+1/t12?,16?,21-/m1/s1. The van der Waals surface area contributed by atoms with Gasteiger partial charge in [-0.25, -0.2) is 9.59 Å². The summed E-state index contributed by atoms with van der Waals surface area (Å²) < 4.78 is 3.72. The molecular formula is C17H25N4O6+. The summed E-state index contributed by atoms with van der Waals surface area (Å²) in [6, 6.07) is -1.85. The van der Waals surface area contributed by atoms with E-state index in [1.54, 1.807) is 6.08 Å². The number of nitrogens with one attached hydrogen (secondary N) is 2. The number of aliphatic hydroxyl groups is 1. The number of quaternary nitrogens is 1. The van der Waals surface area contributed by atoms with Gasteiger partial charge in [-0.3, -0.25) is 9.59 Å². The molecule has 10 heteroatoms. The first kappa shape index (κ1) is 20.7. The number of esters is 1. The average Bonchev–Trinajstić information content (AvgIpc) is 2.80. The van der Waals surface area contributed by atoms with Gasteiger partial charge in [0.05, 0.1) is 12.8 Å². The first-order valence-electron chi connectivity index (χ1n) is 8.65. The van der Waals surface area contributed by atoms with E-state index in [1.807, 2.05) is 6.08 Å². The normalized spacial score (nSPS) is 28.1. The fraction of sp³-hybridized carbons (Fsp3) is 0.529. The largest absolute Gasteiger partial charge is 0.434 e. The number of carbonyl (C=O) groups excluding carboxylic acids is 4. The van der Waals surface area contributed by atoms with E-state index in [-0.39, 0.29) is 19.4 Å². The maximum Gasteiger partial charge on any atom is 0.422 e. The topological polar surface area (TPSA) is 148 Å². The molecule has 2 aliphatic rings. The fourth-order valence-corrected chi connectivity index (χ4v) is 3.16. The number of cyclic esters (lactones) is 1. The molecule has 1 fully saturated rings. The molecule has 5 N–H and O–H groups in total. The SMILES string of the molecule is C=CCNCC1=CCCC(=O)[N@@+](CC(=O)NC2CC(=O)OC2O)(C(N)=O)C1. The molecule has 2 unspecified atom stereocenters. The maximum absolute atomic E-state index is 12.6. The number of aliphatic hydroxyl groups excluding tert-OH is 1. The maximum atomic E-state index is 12.6. The Morgan fingerprint density at radius 3 is 2.78 bits per heavy atom. The van der Waals surface area contributed by atoms with Gasteiger partial charge in [0.15, 0.2) is 6.54 Å². The van der Waals surface area contributed by atoms with Gasteiger partial charge in [0.1, 0.15) is 12.6 Å². The Morgan fingerprint density at radius 1 is 1.44 bits per heavy atom. The van der Waals surface area contributed by atoms with Crippen LogP contribution in [0.25, 0.3) is 0 Å². The van der Waals surface area contributed by atoms with Crippen LogP contribution in [0, 0.1) is 0 Å². The first-order chi connectivity index (χ1) is 12.8. The molecule has 0 bridgehead atoms. The Kier molecular flexibility index (Phi) is 6.83. The number of urea groups is 1. The molecule has 0 aromatic heterocycles. The van der Waals surface area contributed by atoms with Crippen LogP contribution in [0.5, 0.6) is 0 Å². The van der Waals surface area contributed by atoms with Crippen LogP contribution in [0.4, 0.5) is 4.79 Å². The molecule has 1 saturated heterocycles. The second-order valence-electron chi connectivity index (χ2n) is 6.60. The van der Waals surface area contributed by atoms with Crippen molar-refractivity contribution in [2.45, 2.75) is 31.6 Å². The van der Waals surface area contributed by atoms with Gasteiger partial charge in [0.2, 0.25) is 6.29 Å². The highest BCUT2D eigenvalue weighted by atomic mass is 16.6. The Labute approximate surface area is 156 Å². The number of nitrogens with two attached hydrogens (primary N) is 1. The molecule has 0 aromatic carbocycles. The molecule has 27 heavy (non-hydrogen) atoms. The minimum absolute atomic E-state index is 0.0195. The number of primary amides is 1. The number of imide groups is 1. The van der Waals surface area contributed by atoms with Gasteiger partial charge in [0, 0.05) is 13.1 Å². The Balaban J connectivity index is 2.13. The summed E-state index contributed by atoms with van der Waals surface area (Å²) in [4.78, 5) is 48.5. The van der Waals surface area contributed by atoms with Gasteiger partial charge in [-0.2, -0.15) is 4.48 Å². The van der Waals surface area contributed by atoms with Gasteiger partial charge >= 0.3 is 17.9 Å². The second kappa shape index (κ2) is 8.89. The minimum Gasteiger partial charge on any atom is -0.434 e. The van der Waals surface area contributed by atoms with Gasteiger partial charge in [-0.05, 0) is 12.0 Å². The number of amides is 4. The molecule has 3 atom stereocenters. The van der Waals surface area contributed by atoms with E-state index in [0.29, 0.717) is 19.5 Å². The summed E-state index contributed by atoms with van der Waals surface area (Å²) in [5, 5.41) is 15.1. The fourth-order valence-electron chi connectivity index (χ4n) is 3.16. The lowest BCUT2D eigenvalue weighted by Gasteiger charge is -2.31. The van der Waals surface area contributed by atoms with E-state index < -0.39 is 47.2 Å².